The minimum atomic E-state index is -3.30. The van der Waals surface area contributed by atoms with Crippen molar-refractivity contribution in [3.8, 4) is 0 Å². The van der Waals surface area contributed by atoms with Crippen LogP contribution < -0.4 is 11.1 Å². The van der Waals surface area contributed by atoms with Gasteiger partial charge in [-0.3, -0.25) is 0 Å². The number of pyridine rings is 1. The molecule has 0 bridgehead atoms. The maximum Gasteiger partial charge on any atom is 0.179 e. The van der Waals surface area contributed by atoms with Gasteiger partial charge in [0, 0.05) is 19.0 Å². The predicted molar refractivity (Wildman–Crippen MR) is 80.4 cm³/mol. The zero-order valence-electron chi connectivity index (χ0n) is 12.1. The van der Waals surface area contributed by atoms with Gasteiger partial charge in [0.25, 0.3) is 0 Å². The molecule has 1 saturated carbocycles. The lowest BCUT2D eigenvalue weighted by Crippen LogP contribution is -2.49. The molecule has 5 nitrogen and oxygen atoms in total. The quantitative estimate of drug-likeness (QED) is 0.885. The maximum absolute atomic E-state index is 11.8. The summed E-state index contributed by atoms with van der Waals surface area (Å²) >= 11 is 0. The van der Waals surface area contributed by atoms with E-state index < -0.39 is 9.84 Å². The molecule has 0 radical (unpaired) electrons. The highest BCUT2D eigenvalue weighted by molar-refractivity contribution is 7.90. The molecule has 0 saturated heterocycles. The van der Waals surface area contributed by atoms with E-state index in [1.807, 2.05) is 0 Å². The lowest BCUT2D eigenvalue weighted by molar-refractivity contribution is 0.263. The van der Waals surface area contributed by atoms with Crippen molar-refractivity contribution in [2.45, 2.75) is 43.0 Å². The van der Waals surface area contributed by atoms with Gasteiger partial charge in [0.1, 0.15) is 10.7 Å². The Morgan fingerprint density at radius 3 is 2.90 bits per heavy atom. The Morgan fingerprint density at radius 2 is 2.30 bits per heavy atom. The maximum atomic E-state index is 11.8. The van der Waals surface area contributed by atoms with Crippen LogP contribution in [-0.2, 0) is 9.84 Å². The van der Waals surface area contributed by atoms with E-state index >= 15 is 0 Å². The molecular formula is C14H23N3O2S. The Balaban J connectivity index is 2.33. The number of nitrogens with one attached hydrogen (secondary N) is 1. The van der Waals surface area contributed by atoms with E-state index in [0.717, 1.165) is 19.3 Å². The van der Waals surface area contributed by atoms with E-state index in [9.17, 15) is 8.42 Å². The van der Waals surface area contributed by atoms with Crippen LogP contribution in [0.25, 0.3) is 0 Å². The Bertz CT molecular complexity index is 574. The summed E-state index contributed by atoms with van der Waals surface area (Å²) in [6, 6.07) is 3.22. The highest BCUT2D eigenvalue weighted by Crippen LogP contribution is 2.35. The van der Waals surface area contributed by atoms with Crippen LogP contribution in [0.5, 0.6) is 0 Å². The molecule has 0 aromatic carbocycles. The number of hydrogen-bond acceptors (Lipinski definition) is 5. The van der Waals surface area contributed by atoms with Gasteiger partial charge in [0.15, 0.2) is 9.84 Å². The van der Waals surface area contributed by atoms with Gasteiger partial charge >= 0.3 is 0 Å². The molecule has 1 fully saturated rings. The summed E-state index contributed by atoms with van der Waals surface area (Å²) in [5.74, 6) is 1.01. The van der Waals surface area contributed by atoms with E-state index in [1.54, 1.807) is 18.3 Å². The largest absolute Gasteiger partial charge is 0.362 e. The number of sulfone groups is 1. The molecule has 1 aromatic rings. The van der Waals surface area contributed by atoms with Crippen molar-refractivity contribution in [1.82, 2.24) is 4.98 Å². The number of hydrogen-bond donors (Lipinski definition) is 2. The summed E-state index contributed by atoms with van der Waals surface area (Å²) in [6.07, 6.45) is 7.01. The Morgan fingerprint density at radius 1 is 1.55 bits per heavy atom. The summed E-state index contributed by atoms with van der Waals surface area (Å²) in [6.45, 7) is 2.69. The van der Waals surface area contributed by atoms with Crippen molar-refractivity contribution in [3.05, 3.63) is 18.3 Å². The van der Waals surface area contributed by atoms with Crippen molar-refractivity contribution < 1.29 is 8.42 Å². The van der Waals surface area contributed by atoms with E-state index in [0.29, 0.717) is 18.3 Å². The zero-order chi connectivity index (χ0) is 14.8. The van der Waals surface area contributed by atoms with Crippen LogP contribution in [0.1, 0.15) is 32.6 Å². The fourth-order valence-electron chi connectivity index (χ4n) is 3.04. The average molecular weight is 297 g/mol. The van der Waals surface area contributed by atoms with Crippen LogP contribution in [0.15, 0.2) is 23.2 Å². The molecule has 1 aromatic heterocycles. The van der Waals surface area contributed by atoms with E-state index in [4.69, 9.17) is 5.73 Å². The minimum absolute atomic E-state index is 0.242. The van der Waals surface area contributed by atoms with Gasteiger partial charge in [0.05, 0.1) is 5.54 Å². The van der Waals surface area contributed by atoms with Gasteiger partial charge in [-0.25, -0.2) is 13.4 Å². The molecule has 0 aliphatic heterocycles. The first-order chi connectivity index (χ1) is 9.36. The topological polar surface area (TPSA) is 85.1 Å². The predicted octanol–water partition coefficient (Wildman–Crippen LogP) is 1.80. The second-order valence-electron chi connectivity index (χ2n) is 5.93. The van der Waals surface area contributed by atoms with E-state index in [-0.39, 0.29) is 10.4 Å². The third-order valence-corrected chi connectivity index (χ3v) is 5.16. The molecule has 0 spiro atoms. The first-order valence-electron chi connectivity index (χ1n) is 7.00. The summed E-state index contributed by atoms with van der Waals surface area (Å²) < 4.78 is 23.7. The summed E-state index contributed by atoms with van der Waals surface area (Å²) in [5.41, 5.74) is 5.72. The lowest BCUT2D eigenvalue weighted by Gasteiger charge is -2.40. The molecule has 2 rings (SSSR count). The molecule has 0 amide bonds. The molecule has 1 aliphatic carbocycles. The van der Waals surface area contributed by atoms with Crippen LogP contribution in [-0.4, -0.2) is 31.7 Å². The van der Waals surface area contributed by atoms with E-state index in [2.05, 4.69) is 17.2 Å². The van der Waals surface area contributed by atoms with Crippen LogP contribution in [0.2, 0.25) is 0 Å². The van der Waals surface area contributed by atoms with Gasteiger partial charge < -0.3 is 11.1 Å². The first-order valence-corrected chi connectivity index (χ1v) is 8.89. The highest BCUT2D eigenvalue weighted by atomic mass is 32.2. The highest BCUT2D eigenvalue weighted by Gasteiger charge is 2.35. The normalized spacial score (nSPS) is 27.2. The van der Waals surface area contributed by atoms with Crippen LogP contribution >= 0.6 is 0 Å². The number of nitrogens with zero attached hydrogens (tertiary/aromatic N) is 1. The molecule has 112 valence electrons. The van der Waals surface area contributed by atoms with Gasteiger partial charge in [-0.2, -0.15) is 0 Å². The molecule has 1 aliphatic rings. The average Bonchev–Trinajstić information content (AvgIpc) is 2.38. The van der Waals surface area contributed by atoms with Gasteiger partial charge in [-0.15, -0.1) is 0 Å². The second kappa shape index (κ2) is 5.69. The Labute approximate surface area is 120 Å². The van der Waals surface area contributed by atoms with E-state index in [1.165, 1.54) is 12.7 Å². The second-order valence-corrected chi connectivity index (χ2v) is 7.92. The molecule has 1 heterocycles. The fourth-order valence-corrected chi connectivity index (χ4v) is 3.83. The van der Waals surface area contributed by atoms with Crippen molar-refractivity contribution in [1.29, 1.82) is 0 Å². The number of nitrogens with two attached hydrogens (primary N) is 1. The van der Waals surface area contributed by atoms with Crippen molar-refractivity contribution >= 4 is 15.7 Å². The third kappa shape index (κ3) is 3.30. The molecular weight excluding hydrogens is 274 g/mol. The Kier molecular flexibility index (Phi) is 4.34. The fraction of sp³-hybridized carbons (Fsp3) is 0.643. The number of rotatable bonds is 4. The third-order valence-electron chi connectivity index (χ3n) is 4.04. The molecule has 2 unspecified atom stereocenters. The smallest absolute Gasteiger partial charge is 0.179 e. The molecule has 6 heteroatoms. The summed E-state index contributed by atoms with van der Waals surface area (Å²) in [7, 11) is -3.30. The summed E-state index contributed by atoms with van der Waals surface area (Å²) in [5, 5.41) is 3.33. The number of aromatic nitrogens is 1. The number of anilines is 1. The van der Waals surface area contributed by atoms with Crippen molar-refractivity contribution in [2.75, 3.05) is 18.1 Å². The minimum Gasteiger partial charge on any atom is -0.362 e. The standard InChI is InChI=1S/C14H23N3O2S/c1-11-5-3-7-14(9-11,10-15)17-13-12(20(2,18)19)6-4-8-16-13/h4,6,8,11H,3,5,7,9-10,15H2,1-2H3,(H,16,17). The molecule has 2 atom stereocenters. The SMILES string of the molecule is CC1CCCC(CN)(Nc2ncccc2S(C)(=O)=O)C1. The summed E-state index contributed by atoms with van der Waals surface area (Å²) in [4.78, 5) is 4.45. The van der Waals surface area contributed by atoms with Gasteiger partial charge in [-0.1, -0.05) is 19.8 Å². The van der Waals surface area contributed by atoms with Crippen LogP contribution in [0.4, 0.5) is 5.82 Å². The molecule has 3 N–H and O–H groups in total. The lowest BCUT2D eigenvalue weighted by atomic mass is 9.76. The molecule has 20 heavy (non-hydrogen) atoms. The van der Waals surface area contributed by atoms with Gasteiger partial charge in [0.2, 0.25) is 0 Å². The van der Waals surface area contributed by atoms with Crippen molar-refractivity contribution in [2.24, 2.45) is 11.7 Å². The first kappa shape index (κ1) is 15.3. The monoisotopic (exact) mass is 297 g/mol. The zero-order valence-corrected chi connectivity index (χ0v) is 12.9. The van der Waals surface area contributed by atoms with Crippen LogP contribution in [0, 0.1) is 5.92 Å². The van der Waals surface area contributed by atoms with Crippen LogP contribution in [0.3, 0.4) is 0 Å². The Hall–Kier alpha value is -1.14. The van der Waals surface area contributed by atoms with Gasteiger partial charge in [-0.05, 0) is 30.9 Å². The van der Waals surface area contributed by atoms with Crippen molar-refractivity contribution in [3.63, 3.8) is 0 Å².